The quantitative estimate of drug-likeness (QED) is 0.596. The molecule has 2 N–H and O–H groups in total. The van der Waals surface area contributed by atoms with Gasteiger partial charge in [0.1, 0.15) is 0 Å². The standard InChI is InChI=1S/C14H20N2O4S/c1-4-14(5-2,21-3)9-15-13(18)10-7-6-8-11(12(10)17)16(19)20/h6-8,17H,4-5,9H2,1-3H3,(H,15,18). The molecule has 0 atom stereocenters. The molecule has 21 heavy (non-hydrogen) atoms. The SMILES string of the molecule is CCC(CC)(CNC(=O)c1cccc([N+](=O)[O-])c1O)SC. The maximum absolute atomic E-state index is 12.1. The third-order valence-electron chi connectivity index (χ3n) is 3.75. The summed E-state index contributed by atoms with van der Waals surface area (Å²) in [4.78, 5) is 22.2. The van der Waals surface area contributed by atoms with Crippen molar-refractivity contribution in [1.29, 1.82) is 0 Å². The zero-order valence-electron chi connectivity index (χ0n) is 12.4. The number of nitrogens with one attached hydrogen (secondary N) is 1. The number of thioether (sulfide) groups is 1. The van der Waals surface area contributed by atoms with Gasteiger partial charge in [-0.25, -0.2) is 0 Å². The average Bonchev–Trinajstić information content (AvgIpc) is 2.49. The van der Waals surface area contributed by atoms with Crippen LogP contribution in [0.5, 0.6) is 5.75 Å². The number of nitro groups is 1. The van der Waals surface area contributed by atoms with Crippen LogP contribution in [0.15, 0.2) is 18.2 Å². The van der Waals surface area contributed by atoms with Gasteiger partial charge in [-0.05, 0) is 25.2 Å². The van der Waals surface area contributed by atoms with Gasteiger partial charge in [-0.1, -0.05) is 19.9 Å². The van der Waals surface area contributed by atoms with Crippen LogP contribution >= 0.6 is 11.8 Å². The maximum atomic E-state index is 12.1. The number of hydrogen-bond acceptors (Lipinski definition) is 5. The number of carbonyl (C=O) groups is 1. The van der Waals surface area contributed by atoms with Gasteiger partial charge in [0, 0.05) is 17.4 Å². The van der Waals surface area contributed by atoms with Gasteiger partial charge in [0.2, 0.25) is 5.75 Å². The molecule has 1 aromatic carbocycles. The molecule has 0 aliphatic heterocycles. The molecule has 116 valence electrons. The maximum Gasteiger partial charge on any atom is 0.311 e. The molecule has 0 bridgehead atoms. The van der Waals surface area contributed by atoms with E-state index in [1.165, 1.54) is 12.1 Å². The van der Waals surface area contributed by atoms with Gasteiger partial charge in [0.05, 0.1) is 10.5 Å². The fourth-order valence-corrected chi connectivity index (χ4v) is 2.85. The van der Waals surface area contributed by atoms with Gasteiger partial charge in [-0.3, -0.25) is 14.9 Å². The lowest BCUT2D eigenvalue weighted by molar-refractivity contribution is -0.385. The number of nitro benzene ring substituents is 1. The molecular formula is C14H20N2O4S. The highest BCUT2D eigenvalue weighted by atomic mass is 32.2. The average molecular weight is 312 g/mol. The van der Waals surface area contributed by atoms with Gasteiger partial charge in [0.25, 0.3) is 5.91 Å². The smallest absolute Gasteiger partial charge is 0.311 e. The van der Waals surface area contributed by atoms with Crippen molar-refractivity contribution in [2.45, 2.75) is 31.4 Å². The van der Waals surface area contributed by atoms with E-state index < -0.39 is 22.3 Å². The minimum atomic E-state index is -0.712. The number of carbonyl (C=O) groups excluding carboxylic acids is 1. The van der Waals surface area contributed by atoms with Gasteiger partial charge >= 0.3 is 5.69 Å². The minimum Gasteiger partial charge on any atom is -0.502 e. The molecule has 0 radical (unpaired) electrons. The summed E-state index contributed by atoms with van der Waals surface area (Å²) in [7, 11) is 0. The van der Waals surface area contributed by atoms with Crippen LogP contribution in [0.2, 0.25) is 0 Å². The van der Waals surface area contributed by atoms with Crippen LogP contribution in [0.1, 0.15) is 37.0 Å². The number of hydrogen-bond donors (Lipinski definition) is 2. The first-order valence-corrected chi connectivity index (χ1v) is 7.93. The monoisotopic (exact) mass is 312 g/mol. The molecule has 0 saturated heterocycles. The molecule has 6 nitrogen and oxygen atoms in total. The van der Waals surface area contributed by atoms with Crippen molar-refractivity contribution < 1.29 is 14.8 Å². The predicted molar refractivity (Wildman–Crippen MR) is 83.9 cm³/mol. The van der Waals surface area contributed by atoms with Crippen LogP contribution in [0.4, 0.5) is 5.69 Å². The van der Waals surface area contributed by atoms with Gasteiger partial charge in [-0.15, -0.1) is 0 Å². The molecule has 0 aliphatic rings. The van der Waals surface area contributed by atoms with Crippen LogP contribution in [0.25, 0.3) is 0 Å². The van der Waals surface area contributed by atoms with Crippen LogP contribution in [-0.4, -0.2) is 33.5 Å². The second kappa shape index (κ2) is 7.31. The number of benzene rings is 1. The molecule has 0 heterocycles. The number of nitrogens with zero attached hydrogens (tertiary/aromatic N) is 1. The molecule has 0 aliphatic carbocycles. The van der Waals surface area contributed by atoms with E-state index in [9.17, 15) is 20.0 Å². The summed E-state index contributed by atoms with van der Waals surface area (Å²) < 4.78 is -0.0635. The zero-order valence-corrected chi connectivity index (χ0v) is 13.2. The molecule has 0 spiro atoms. The summed E-state index contributed by atoms with van der Waals surface area (Å²) in [5.74, 6) is -1.10. The van der Waals surface area contributed by atoms with E-state index in [0.29, 0.717) is 6.54 Å². The van der Waals surface area contributed by atoms with Crippen molar-refractivity contribution in [1.82, 2.24) is 5.32 Å². The van der Waals surface area contributed by atoms with Crippen LogP contribution in [-0.2, 0) is 0 Å². The van der Waals surface area contributed by atoms with E-state index >= 15 is 0 Å². The molecule has 1 rings (SSSR count). The number of phenols is 1. The minimum absolute atomic E-state index is 0.0635. The third kappa shape index (κ3) is 3.87. The first-order valence-electron chi connectivity index (χ1n) is 6.70. The Bertz CT molecular complexity index is 521. The molecule has 7 heteroatoms. The molecular weight excluding hydrogens is 292 g/mol. The summed E-state index contributed by atoms with van der Waals surface area (Å²) in [6.45, 7) is 4.55. The predicted octanol–water partition coefficient (Wildman–Crippen LogP) is 2.95. The lowest BCUT2D eigenvalue weighted by atomic mass is 10.0. The van der Waals surface area contributed by atoms with Gasteiger partial charge < -0.3 is 10.4 Å². The van der Waals surface area contributed by atoms with Crippen molar-refractivity contribution in [3.05, 3.63) is 33.9 Å². The molecule has 1 aromatic rings. The lowest BCUT2D eigenvalue weighted by Gasteiger charge is -2.29. The van der Waals surface area contributed by atoms with E-state index in [2.05, 4.69) is 19.2 Å². The number of para-hydroxylation sites is 1. The van der Waals surface area contributed by atoms with Crippen molar-refractivity contribution >= 4 is 23.4 Å². The Labute approximate surface area is 128 Å². The van der Waals surface area contributed by atoms with Gasteiger partial charge in [-0.2, -0.15) is 11.8 Å². The second-order valence-electron chi connectivity index (χ2n) is 4.71. The van der Waals surface area contributed by atoms with Crippen molar-refractivity contribution in [2.75, 3.05) is 12.8 Å². The fourth-order valence-electron chi connectivity index (χ4n) is 2.06. The third-order valence-corrected chi connectivity index (χ3v) is 5.34. The highest BCUT2D eigenvalue weighted by Gasteiger charge is 2.27. The Morgan fingerprint density at radius 1 is 1.43 bits per heavy atom. The van der Waals surface area contributed by atoms with Crippen LogP contribution in [0.3, 0.4) is 0 Å². The summed E-state index contributed by atoms with van der Waals surface area (Å²) in [6.07, 6.45) is 3.78. The van der Waals surface area contributed by atoms with Crippen molar-refractivity contribution in [2.24, 2.45) is 0 Å². The van der Waals surface area contributed by atoms with Crippen LogP contribution in [0, 0.1) is 10.1 Å². The van der Waals surface area contributed by atoms with Crippen LogP contribution < -0.4 is 5.32 Å². The Balaban J connectivity index is 2.91. The van der Waals surface area contributed by atoms with E-state index in [0.717, 1.165) is 18.9 Å². The lowest BCUT2D eigenvalue weighted by Crippen LogP contribution is -2.39. The Hall–Kier alpha value is -1.76. The summed E-state index contributed by atoms with van der Waals surface area (Å²) in [5.41, 5.74) is -0.545. The topological polar surface area (TPSA) is 92.5 Å². The summed E-state index contributed by atoms with van der Waals surface area (Å²) in [5, 5.41) is 23.3. The molecule has 1 amide bonds. The summed E-state index contributed by atoms with van der Waals surface area (Å²) >= 11 is 1.68. The molecule has 0 fully saturated rings. The highest BCUT2D eigenvalue weighted by Crippen LogP contribution is 2.31. The van der Waals surface area contributed by atoms with Gasteiger partial charge in [0.15, 0.2) is 0 Å². The fraction of sp³-hybridized carbons (Fsp3) is 0.500. The highest BCUT2D eigenvalue weighted by molar-refractivity contribution is 8.00. The Kier molecular flexibility index (Phi) is 6.02. The Morgan fingerprint density at radius 2 is 2.05 bits per heavy atom. The molecule has 0 aromatic heterocycles. The number of rotatable bonds is 7. The number of amides is 1. The van der Waals surface area contributed by atoms with E-state index in [4.69, 9.17) is 0 Å². The van der Waals surface area contributed by atoms with Crippen molar-refractivity contribution in [3.63, 3.8) is 0 Å². The number of aromatic hydroxyl groups is 1. The largest absolute Gasteiger partial charge is 0.502 e. The zero-order chi connectivity index (χ0) is 16.0. The van der Waals surface area contributed by atoms with Crippen molar-refractivity contribution in [3.8, 4) is 5.75 Å². The Morgan fingerprint density at radius 3 is 2.52 bits per heavy atom. The molecule has 0 saturated carbocycles. The summed E-state index contributed by atoms with van der Waals surface area (Å²) in [6, 6.07) is 3.92. The van der Waals surface area contributed by atoms with E-state index in [-0.39, 0.29) is 10.3 Å². The molecule has 0 unspecified atom stereocenters. The second-order valence-corrected chi connectivity index (χ2v) is 5.98. The normalized spacial score (nSPS) is 11.2. The number of phenolic OH excluding ortho intramolecular Hbond substituents is 1. The van der Waals surface area contributed by atoms with E-state index in [1.807, 2.05) is 6.26 Å². The first kappa shape index (κ1) is 17.3. The first-order chi connectivity index (χ1) is 9.90. The van der Waals surface area contributed by atoms with E-state index in [1.54, 1.807) is 11.8 Å².